The van der Waals surface area contributed by atoms with E-state index >= 15 is 0 Å². The third-order valence-corrected chi connectivity index (χ3v) is 3.42. The van der Waals surface area contributed by atoms with E-state index in [2.05, 4.69) is 21.4 Å². The lowest BCUT2D eigenvalue weighted by atomic mass is 10.3. The Bertz CT molecular complexity index is 390. The van der Waals surface area contributed by atoms with Crippen molar-refractivity contribution in [2.45, 2.75) is 12.3 Å². The highest BCUT2D eigenvalue weighted by Crippen LogP contribution is 2.08. The monoisotopic (exact) mass is 259 g/mol. The van der Waals surface area contributed by atoms with E-state index in [9.17, 15) is 0 Å². The van der Waals surface area contributed by atoms with E-state index in [1.807, 2.05) is 54.5 Å². The molecule has 0 atom stereocenters. The molecule has 0 bridgehead atoms. The van der Waals surface area contributed by atoms with Gasteiger partial charge in [-0.15, -0.1) is 0 Å². The van der Waals surface area contributed by atoms with Gasteiger partial charge in [-0.3, -0.25) is 9.97 Å². The van der Waals surface area contributed by atoms with Crippen LogP contribution in [0.2, 0.25) is 0 Å². The summed E-state index contributed by atoms with van der Waals surface area (Å²) in [7, 11) is 0. The second-order valence-corrected chi connectivity index (χ2v) is 4.98. The first kappa shape index (κ1) is 13.1. The summed E-state index contributed by atoms with van der Waals surface area (Å²) in [6.45, 7) is 1.83. The fourth-order valence-corrected chi connectivity index (χ4v) is 2.34. The molecule has 0 aliphatic heterocycles. The maximum atomic E-state index is 4.29. The van der Waals surface area contributed by atoms with E-state index < -0.39 is 0 Å². The zero-order valence-corrected chi connectivity index (χ0v) is 11.1. The molecule has 0 saturated heterocycles. The molecule has 0 unspecified atom stereocenters. The number of hydrogen-bond donors (Lipinski definition) is 1. The van der Waals surface area contributed by atoms with E-state index in [1.165, 1.54) is 0 Å². The molecule has 0 aromatic carbocycles. The Morgan fingerprint density at radius 1 is 0.944 bits per heavy atom. The van der Waals surface area contributed by atoms with Crippen molar-refractivity contribution in [1.29, 1.82) is 0 Å². The van der Waals surface area contributed by atoms with Crippen LogP contribution in [-0.2, 0) is 12.3 Å². The van der Waals surface area contributed by atoms with Crippen LogP contribution in [0.15, 0.2) is 48.8 Å². The SMILES string of the molecule is c1ccc(CNCCSCc2ccccn2)nc1. The van der Waals surface area contributed by atoms with Crippen LogP contribution < -0.4 is 5.32 Å². The van der Waals surface area contributed by atoms with E-state index in [0.29, 0.717) is 0 Å². The highest BCUT2D eigenvalue weighted by atomic mass is 32.2. The average molecular weight is 259 g/mol. The first-order valence-corrected chi connectivity index (χ1v) is 7.19. The van der Waals surface area contributed by atoms with Gasteiger partial charge in [0.05, 0.1) is 11.4 Å². The molecular formula is C14H17N3S. The fourth-order valence-electron chi connectivity index (χ4n) is 1.52. The van der Waals surface area contributed by atoms with Crippen molar-refractivity contribution in [3.63, 3.8) is 0 Å². The number of aromatic nitrogens is 2. The molecule has 2 aromatic rings. The van der Waals surface area contributed by atoms with Crippen molar-refractivity contribution in [2.24, 2.45) is 0 Å². The van der Waals surface area contributed by atoms with Gasteiger partial charge in [0, 0.05) is 37.0 Å². The van der Waals surface area contributed by atoms with E-state index in [-0.39, 0.29) is 0 Å². The molecule has 3 nitrogen and oxygen atoms in total. The number of rotatable bonds is 7. The molecule has 4 heteroatoms. The van der Waals surface area contributed by atoms with Crippen LogP contribution in [0.3, 0.4) is 0 Å². The Labute approximate surface area is 112 Å². The van der Waals surface area contributed by atoms with Gasteiger partial charge in [0.1, 0.15) is 0 Å². The summed E-state index contributed by atoms with van der Waals surface area (Å²) in [6, 6.07) is 12.0. The number of nitrogens with zero attached hydrogens (tertiary/aromatic N) is 2. The van der Waals surface area contributed by atoms with Gasteiger partial charge in [-0.25, -0.2) is 0 Å². The molecule has 18 heavy (non-hydrogen) atoms. The van der Waals surface area contributed by atoms with Gasteiger partial charge < -0.3 is 5.32 Å². The average Bonchev–Trinajstić information content (AvgIpc) is 2.45. The minimum atomic E-state index is 0.838. The van der Waals surface area contributed by atoms with Gasteiger partial charge in [0.25, 0.3) is 0 Å². The van der Waals surface area contributed by atoms with E-state index in [1.54, 1.807) is 0 Å². The van der Waals surface area contributed by atoms with Crippen molar-refractivity contribution in [1.82, 2.24) is 15.3 Å². The standard InChI is InChI=1S/C14H17N3S/c1-3-7-16-13(5-1)11-15-9-10-18-12-14-6-2-4-8-17-14/h1-8,15H,9-12H2. The highest BCUT2D eigenvalue weighted by molar-refractivity contribution is 7.98. The summed E-state index contributed by atoms with van der Waals surface area (Å²) in [5.41, 5.74) is 2.24. The number of hydrogen-bond acceptors (Lipinski definition) is 4. The van der Waals surface area contributed by atoms with Crippen LogP contribution in [0.4, 0.5) is 0 Å². The van der Waals surface area contributed by atoms with Crippen molar-refractivity contribution in [2.75, 3.05) is 12.3 Å². The zero-order chi connectivity index (χ0) is 12.5. The van der Waals surface area contributed by atoms with Crippen LogP contribution in [0.25, 0.3) is 0 Å². The summed E-state index contributed by atoms with van der Waals surface area (Å²) < 4.78 is 0. The molecule has 0 radical (unpaired) electrons. The molecule has 94 valence electrons. The molecular weight excluding hydrogens is 242 g/mol. The van der Waals surface area contributed by atoms with Crippen molar-refractivity contribution in [3.05, 3.63) is 60.2 Å². The Balaban J connectivity index is 1.54. The van der Waals surface area contributed by atoms with Crippen molar-refractivity contribution >= 4 is 11.8 Å². The molecule has 0 aliphatic rings. The third kappa shape index (κ3) is 4.85. The van der Waals surface area contributed by atoms with E-state index in [4.69, 9.17) is 0 Å². The van der Waals surface area contributed by atoms with Gasteiger partial charge in [-0.05, 0) is 24.3 Å². The summed E-state index contributed by atoms with van der Waals surface area (Å²) in [5.74, 6) is 2.06. The predicted octanol–water partition coefficient (Wildman–Crippen LogP) is 2.50. The topological polar surface area (TPSA) is 37.8 Å². The van der Waals surface area contributed by atoms with Gasteiger partial charge in [-0.2, -0.15) is 11.8 Å². The van der Waals surface area contributed by atoms with Crippen LogP contribution >= 0.6 is 11.8 Å². The molecule has 0 aliphatic carbocycles. The lowest BCUT2D eigenvalue weighted by molar-refractivity contribution is 0.715. The quantitative estimate of drug-likeness (QED) is 0.775. The predicted molar refractivity (Wildman–Crippen MR) is 76.3 cm³/mol. The maximum absolute atomic E-state index is 4.29. The summed E-state index contributed by atoms with van der Waals surface area (Å²) in [4.78, 5) is 8.56. The third-order valence-electron chi connectivity index (χ3n) is 2.43. The fraction of sp³-hybridized carbons (Fsp3) is 0.286. The number of pyridine rings is 2. The second-order valence-electron chi connectivity index (χ2n) is 3.87. The highest BCUT2D eigenvalue weighted by Gasteiger charge is 1.95. The molecule has 0 fully saturated rings. The van der Waals surface area contributed by atoms with Crippen molar-refractivity contribution < 1.29 is 0 Å². The van der Waals surface area contributed by atoms with Gasteiger partial charge in [-0.1, -0.05) is 12.1 Å². The van der Waals surface area contributed by atoms with Gasteiger partial charge in [0.15, 0.2) is 0 Å². The minimum Gasteiger partial charge on any atom is -0.310 e. The largest absolute Gasteiger partial charge is 0.310 e. The molecule has 2 rings (SSSR count). The first-order chi connectivity index (χ1) is 8.95. The van der Waals surface area contributed by atoms with Crippen molar-refractivity contribution in [3.8, 4) is 0 Å². The minimum absolute atomic E-state index is 0.838. The summed E-state index contributed by atoms with van der Waals surface area (Å²) >= 11 is 1.90. The van der Waals surface area contributed by atoms with Gasteiger partial charge >= 0.3 is 0 Å². The Morgan fingerprint density at radius 2 is 1.67 bits per heavy atom. The van der Waals surface area contributed by atoms with Gasteiger partial charge in [0.2, 0.25) is 0 Å². The van der Waals surface area contributed by atoms with Crippen LogP contribution in [0.5, 0.6) is 0 Å². The molecule has 0 amide bonds. The molecule has 2 aromatic heterocycles. The van der Waals surface area contributed by atoms with E-state index in [0.717, 1.165) is 36.0 Å². The Hall–Kier alpha value is -1.39. The summed E-state index contributed by atoms with van der Waals surface area (Å²) in [6.07, 6.45) is 3.67. The Morgan fingerprint density at radius 3 is 2.33 bits per heavy atom. The number of thioether (sulfide) groups is 1. The van der Waals surface area contributed by atoms with Crippen LogP contribution in [0.1, 0.15) is 11.4 Å². The molecule has 0 spiro atoms. The molecule has 1 N–H and O–H groups in total. The maximum Gasteiger partial charge on any atom is 0.0541 e. The number of nitrogens with one attached hydrogen (secondary N) is 1. The molecule has 2 heterocycles. The zero-order valence-electron chi connectivity index (χ0n) is 10.2. The lowest BCUT2D eigenvalue weighted by Gasteiger charge is -2.04. The van der Waals surface area contributed by atoms with Crippen LogP contribution in [-0.4, -0.2) is 22.3 Å². The van der Waals surface area contributed by atoms with Crippen LogP contribution in [0, 0.1) is 0 Å². The first-order valence-electron chi connectivity index (χ1n) is 6.03. The molecule has 0 saturated carbocycles. The smallest absolute Gasteiger partial charge is 0.0541 e. The second kappa shape index (κ2) is 7.84. The normalized spacial score (nSPS) is 10.4. The lowest BCUT2D eigenvalue weighted by Crippen LogP contribution is -2.17. The Kier molecular flexibility index (Phi) is 5.69. The summed E-state index contributed by atoms with van der Waals surface area (Å²) in [5, 5.41) is 3.38.